The summed E-state index contributed by atoms with van der Waals surface area (Å²) >= 11 is 0. The predicted octanol–water partition coefficient (Wildman–Crippen LogP) is 0.841. The molecular formula is C13H23N3O4. The standard InChI is InChI=1S/C13H23N3O4/c1-15(2)16(17)6-7-19-8-9-20-12-5-4-11(14)10-13(12)18-3/h4-5,10,17H,6-9,14H2,1-3H3. The molecule has 0 bridgehead atoms. The molecule has 0 fully saturated rings. The van der Waals surface area contributed by atoms with Crippen molar-refractivity contribution in [1.82, 2.24) is 10.2 Å². The monoisotopic (exact) mass is 285 g/mol. The molecule has 0 aliphatic heterocycles. The van der Waals surface area contributed by atoms with Crippen LogP contribution in [0.25, 0.3) is 0 Å². The number of hydrazine groups is 1. The van der Waals surface area contributed by atoms with Crippen molar-refractivity contribution >= 4 is 5.69 Å². The third-order valence-corrected chi connectivity index (χ3v) is 2.57. The van der Waals surface area contributed by atoms with Crippen LogP contribution in [0.5, 0.6) is 11.5 Å². The summed E-state index contributed by atoms with van der Waals surface area (Å²) in [5.41, 5.74) is 6.28. The molecule has 0 spiro atoms. The van der Waals surface area contributed by atoms with Crippen LogP contribution in [0.2, 0.25) is 0 Å². The Balaban J connectivity index is 2.21. The van der Waals surface area contributed by atoms with E-state index in [-0.39, 0.29) is 0 Å². The van der Waals surface area contributed by atoms with Crippen LogP contribution in [0.15, 0.2) is 18.2 Å². The lowest BCUT2D eigenvalue weighted by molar-refractivity contribution is -0.230. The summed E-state index contributed by atoms with van der Waals surface area (Å²) in [5.74, 6) is 1.22. The average Bonchev–Trinajstić information content (AvgIpc) is 2.43. The SMILES string of the molecule is COc1cc(N)ccc1OCCOCCN(O)N(C)C. The van der Waals surface area contributed by atoms with Gasteiger partial charge in [0.25, 0.3) is 0 Å². The van der Waals surface area contributed by atoms with Gasteiger partial charge in [0.1, 0.15) is 6.61 Å². The first-order valence-electron chi connectivity index (χ1n) is 6.32. The number of rotatable bonds is 9. The molecule has 7 nitrogen and oxygen atoms in total. The van der Waals surface area contributed by atoms with E-state index in [1.807, 2.05) is 0 Å². The van der Waals surface area contributed by atoms with Gasteiger partial charge in [0, 0.05) is 25.8 Å². The molecular weight excluding hydrogens is 262 g/mol. The van der Waals surface area contributed by atoms with Crippen LogP contribution >= 0.6 is 0 Å². The number of ether oxygens (including phenoxy) is 3. The van der Waals surface area contributed by atoms with Crippen molar-refractivity contribution < 1.29 is 19.4 Å². The van der Waals surface area contributed by atoms with E-state index < -0.39 is 0 Å². The Morgan fingerprint density at radius 3 is 2.55 bits per heavy atom. The fraction of sp³-hybridized carbons (Fsp3) is 0.538. The molecule has 114 valence electrons. The minimum atomic E-state index is 0.396. The average molecular weight is 285 g/mol. The number of hydrogen-bond donors (Lipinski definition) is 2. The van der Waals surface area contributed by atoms with Crippen molar-refractivity contribution in [2.45, 2.75) is 0 Å². The summed E-state index contributed by atoms with van der Waals surface area (Å²) in [7, 11) is 5.06. The zero-order valence-electron chi connectivity index (χ0n) is 12.2. The van der Waals surface area contributed by atoms with Gasteiger partial charge in [-0.05, 0) is 12.1 Å². The number of anilines is 1. The highest BCUT2D eigenvalue weighted by Crippen LogP contribution is 2.28. The zero-order valence-corrected chi connectivity index (χ0v) is 12.2. The molecule has 0 saturated carbocycles. The van der Waals surface area contributed by atoms with Crippen molar-refractivity contribution in [3.05, 3.63) is 18.2 Å². The smallest absolute Gasteiger partial charge is 0.162 e. The van der Waals surface area contributed by atoms with Gasteiger partial charge in [-0.3, -0.25) is 5.21 Å². The first-order valence-corrected chi connectivity index (χ1v) is 6.32. The number of hydroxylamine groups is 1. The van der Waals surface area contributed by atoms with E-state index in [4.69, 9.17) is 19.9 Å². The largest absolute Gasteiger partial charge is 0.493 e. The highest BCUT2D eigenvalue weighted by Gasteiger charge is 2.05. The van der Waals surface area contributed by atoms with Gasteiger partial charge in [-0.2, -0.15) is 0 Å². The van der Waals surface area contributed by atoms with Gasteiger partial charge in [-0.25, -0.2) is 5.01 Å². The van der Waals surface area contributed by atoms with Crippen molar-refractivity contribution in [2.24, 2.45) is 0 Å². The summed E-state index contributed by atoms with van der Waals surface area (Å²) in [5, 5.41) is 12.0. The molecule has 0 aliphatic carbocycles. The van der Waals surface area contributed by atoms with Gasteiger partial charge in [-0.1, -0.05) is 0 Å². The molecule has 1 aromatic rings. The van der Waals surface area contributed by atoms with E-state index in [1.54, 1.807) is 44.4 Å². The Kier molecular flexibility index (Phi) is 7.10. The van der Waals surface area contributed by atoms with Crippen LogP contribution in [-0.2, 0) is 4.74 Å². The van der Waals surface area contributed by atoms with Gasteiger partial charge in [0.05, 0.1) is 26.9 Å². The third-order valence-electron chi connectivity index (χ3n) is 2.57. The number of methoxy groups -OCH3 is 1. The Bertz CT molecular complexity index is 401. The molecule has 20 heavy (non-hydrogen) atoms. The van der Waals surface area contributed by atoms with Gasteiger partial charge in [0.2, 0.25) is 0 Å². The molecule has 1 rings (SSSR count). The summed E-state index contributed by atoms with van der Waals surface area (Å²) in [6.45, 7) is 1.64. The van der Waals surface area contributed by atoms with E-state index in [9.17, 15) is 5.21 Å². The van der Waals surface area contributed by atoms with Gasteiger partial charge >= 0.3 is 0 Å². The molecule has 3 N–H and O–H groups in total. The van der Waals surface area contributed by atoms with E-state index >= 15 is 0 Å². The molecule has 0 saturated heterocycles. The van der Waals surface area contributed by atoms with E-state index in [1.165, 1.54) is 0 Å². The quantitative estimate of drug-likeness (QED) is 0.395. The van der Waals surface area contributed by atoms with Crippen LogP contribution in [0.1, 0.15) is 0 Å². The lowest BCUT2D eigenvalue weighted by atomic mass is 10.3. The van der Waals surface area contributed by atoms with E-state index in [0.29, 0.717) is 43.6 Å². The highest BCUT2D eigenvalue weighted by atomic mass is 16.6. The Morgan fingerprint density at radius 2 is 1.90 bits per heavy atom. The lowest BCUT2D eigenvalue weighted by Crippen LogP contribution is -2.36. The van der Waals surface area contributed by atoms with Crippen LogP contribution in [0, 0.1) is 0 Å². The number of nitrogens with zero attached hydrogens (tertiary/aromatic N) is 2. The van der Waals surface area contributed by atoms with Crippen LogP contribution in [0.3, 0.4) is 0 Å². The number of nitrogen functional groups attached to an aromatic ring is 1. The molecule has 0 amide bonds. The fourth-order valence-corrected chi connectivity index (χ4v) is 1.46. The zero-order chi connectivity index (χ0) is 15.0. The maximum atomic E-state index is 9.37. The second-order valence-corrected chi connectivity index (χ2v) is 4.31. The molecule has 7 heteroatoms. The second kappa shape index (κ2) is 8.60. The number of hydrogen-bond acceptors (Lipinski definition) is 7. The number of benzene rings is 1. The molecule has 1 aromatic carbocycles. The fourth-order valence-electron chi connectivity index (χ4n) is 1.46. The molecule has 0 aliphatic rings. The molecule has 0 unspecified atom stereocenters. The van der Waals surface area contributed by atoms with Gasteiger partial charge in [0.15, 0.2) is 11.5 Å². The summed E-state index contributed by atoms with van der Waals surface area (Å²) in [4.78, 5) is 0. The lowest BCUT2D eigenvalue weighted by Gasteiger charge is -2.21. The summed E-state index contributed by atoms with van der Waals surface area (Å²) in [6.07, 6.45) is 0. The van der Waals surface area contributed by atoms with Gasteiger partial charge < -0.3 is 19.9 Å². The maximum absolute atomic E-state index is 9.37. The van der Waals surface area contributed by atoms with Crippen LogP contribution in [0.4, 0.5) is 5.69 Å². The topological polar surface area (TPSA) is 80.4 Å². The summed E-state index contributed by atoms with van der Waals surface area (Å²) < 4.78 is 16.1. The Labute approximate surface area is 119 Å². The van der Waals surface area contributed by atoms with E-state index in [2.05, 4.69) is 0 Å². The second-order valence-electron chi connectivity index (χ2n) is 4.31. The van der Waals surface area contributed by atoms with E-state index in [0.717, 1.165) is 5.17 Å². The minimum Gasteiger partial charge on any atom is -0.493 e. The highest BCUT2D eigenvalue weighted by molar-refractivity contribution is 5.51. The van der Waals surface area contributed by atoms with Crippen molar-refractivity contribution in [3.8, 4) is 11.5 Å². The molecule has 0 radical (unpaired) electrons. The Morgan fingerprint density at radius 1 is 1.15 bits per heavy atom. The first-order chi connectivity index (χ1) is 9.54. The van der Waals surface area contributed by atoms with Crippen molar-refractivity contribution in [3.63, 3.8) is 0 Å². The van der Waals surface area contributed by atoms with Gasteiger partial charge in [-0.15, -0.1) is 5.17 Å². The van der Waals surface area contributed by atoms with Crippen molar-refractivity contribution in [1.29, 1.82) is 0 Å². The Hall–Kier alpha value is -1.54. The molecule has 0 heterocycles. The van der Waals surface area contributed by atoms with Crippen molar-refractivity contribution in [2.75, 3.05) is 53.3 Å². The predicted molar refractivity (Wildman–Crippen MR) is 75.9 cm³/mol. The van der Waals surface area contributed by atoms with Crippen LogP contribution < -0.4 is 15.2 Å². The third kappa shape index (κ3) is 5.62. The number of nitrogens with two attached hydrogens (primary N) is 1. The van der Waals surface area contributed by atoms with Crippen LogP contribution in [-0.4, -0.2) is 63.0 Å². The minimum absolute atomic E-state index is 0.396. The maximum Gasteiger partial charge on any atom is 0.162 e. The first kappa shape index (κ1) is 16.5. The summed E-state index contributed by atoms with van der Waals surface area (Å²) in [6, 6.07) is 5.21. The molecule has 0 atom stereocenters. The molecule has 0 aromatic heterocycles. The normalized spacial score (nSPS) is 11.1.